The van der Waals surface area contributed by atoms with Crippen molar-refractivity contribution in [3.63, 3.8) is 0 Å². The summed E-state index contributed by atoms with van der Waals surface area (Å²) in [7, 11) is -4.77. The van der Waals surface area contributed by atoms with Crippen LogP contribution in [0.3, 0.4) is 0 Å². The third-order valence-corrected chi connectivity index (χ3v) is 3.66. The molecule has 0 saturated heterocycles. The van der Waals surface area contributed by atoms with Crippen molar-refractivity contribution < 1.29 is 32.8 Å². The Morgan fingerprint density at radius 2 is 1.60 bits per heavy atom. The minimum Gasteiger partial charge on any atom is -0.478 e. The van der Waals surface area contributed by atoms with Crippen molar-refractivity contribution in [3.05, 3.63) is 41.5 Å². The van der Waals surface area contributed by atoms with Crippen LogP contribution in [0.1, 0.15) is 20.7 Å². The highest BCUT2D eigenvalue weighted by atomic mass is 32.2. The van der Waals surface area contributed by atoms with Gasteiger partial charge in [0.15, 0.2) is 0 Å². The van der Waals surface area contributed by atoms with Gasteiger partial charge in [0.05, 0.1) is 11.1 Å². The lowest BCUT2D eigenvalue weighted by atomic mass is 10.0. The van der Waals surface area contributed by atoms with Crippen molar-refractivity contribution in [2.45, 2.75) is 4.90 Å². The molecule has 7 nitrogen and oxygen atoms in total. The van der Waals surface area contributed by atoms with Gasteiger partial charge in [-0.3, -0.25) is 4.55 Å². The van der Waals surface area contributed by atoms with Gasteiger partial charge in [-0.2, -0.15) is 8.42 Å². The first-order valence-corrected chi connectivity index (χ1v) is 6.66. The van der Waals surface area contributed by atoms with Gasteiger partial charge in [-0.05, 0) is 23.6 Å². The lowest BCUT2D eigenvalue weighted by Gasteiger charge is -2.08. The largest absolute Gasteiger partial charge is 0.478 e. The standard InChI is InChI=1S/C12H8O7S/c13-11(14)7-2-3-8-6(5-7)1-4-9(12(15)16)10(8)20(17,18)19/h1-5H,(H,13,14)(H,15,16)(H,17,18,19). The summed E-state index contributed by atoms with van der Waals surface area (Å²) in [6, 6.07) is 5.75. The monoisotopic (exact) mass is 296 g/mol. The highest BCUT2D eigenvalue weighted by Gasteiger charge is 2.23. The molecule has 2 aromatic rings. The SMILES string of the molecule is O=C(O)c1ccc2c(S(=O)(=O)O)c(C(=O)O)ccc2c1. The molecule has 8 heteroatoms. The van der Waals surface area contributed by atoms with E-state index in [1.54, 1.807) is 0 Å². The van der Waals surface area contributed by atoms with Gasteiger partial charge in [0.25, 0.3) is 10.1 Å². The van der Waals surface area contributed by atoms with Crippen LogP contribution in [0.15, 0.2) is 35.2 Å². The van der Waals surface area contributed by atoms with E-state index >= 15 is 0 Å². The van der Waals surface area contributed by atoms with Crippen molar-refractivity contribution in [2.24, 2.45) is 0 Å². The molecule has 0 unspecified atom stereocenters. The maximum Gasteiger partial charge on any atom is 0.337 e. The van der Waals surface area contributed by atoms with Gasteiger partial charge < -0.3 is 10.2 Å². The summed E-state index contributed by atoms with van der Waals surface area (Å²) in [6.45, 7) is 0. The molecule has 0 aliphatic rings. The highest BCUT2D eigenvalue weighted by molar-refractivity contribution is 7.86. The van der Waals surface area contributed by atoms with Gasteiger partial charge in [-0.1, -0.05) is 12.1 Å². The first-order valence-electron chi connectivity index (χ1n) is 5.22. The maximum atomic E-state index is 11.4. The number of carboxylic acid groups (broad SMARTS) is 2. The van der Waals surface area contributed by atoms with E-state index in [0.717, 1.165) is 18.2 Å². The van der Waals surface area contributed by atoms with Gasteiger partial charge >= 0.3 is 11.9 Å². The third-order valence-electron chi connectivity index (χ3n) is 2.71. The second-order valence-electron chi connectivity index (χ2n) is 3.96. The van der Waals surface area contributed by atoms with Gasteiger partial charge in [0, 0.05) is 5.39 Å². The molecule has 0 fully saturated rings. The van der Waals surface area contributed by atoms with Crippen molar-refractivity contribution in [3.8, 4) is 0 Å². The summed E-state index contributed by atoms with van der Waals surface area (Å²) in [5.74, 6) is -2.72. The van der Waals surface area contributed by atoms with Crippen LogP contribution in [-0.4, -0.2) is 35.1 Å². The lowest BCUT2D eigenvalue weighted by molar-refractivity contribution is 0.0683. The molecule has 0 aliphatic heterocycles. The fraction of sp³-hybridized carbons (Fsp3) is 0. The molecule has 0 amide bonds. The molecule has 104 valence electrons. The first kappa shape index (κ1) is 14.0. The average Bonchev–Trinajstić information content (AvgIpc) is 2.35. The molecule has 20 heavy (non-hydrogen) atoms. The molecule has 0 atom stereocenters. The van der Waals surface area contributed by atoms with Crippen LogP contribution in [-0.2, 0) is 10.1 Å². The Bertz CT molecular complexity index is 836. The van der Waals surface area contributed by atoms with E-state index in [-0.39, 0.29) is 16.3 Å². The topological polar surface area (TPSA) is 129 Å². The number of hydrogen-bond acceptors (Lipinski definition) is 4. The zero-order chi connectivity index (χ0) is 15.1. The number of carbonyl (C=O) groups is 2. The van der Waals surface area contributed by atoms with Crippen LogP contribution in [0.25, 0.3) is 10.8 Å². The van der Waals surface area contributed by atoms with Crippen molar-refractivity contribution >= 4 is 32.8 Å². The second kappa shape index (κ2) is 4.58. The molecule has 0 aromatic heterocycles. The molecule has 3 N–H and O–H groups in total. The number of aromatic carboxylic acids is 2. The summed E-state index contributed by atoms with van der Waals surface area (Å²) >= 11 is 0. The number of carboxylic acids is 2. The summed E-state index contributed by atoms with van der Waals surface area (Å²) in [4.78, 5) is 21.1. The molecule has 0 saturated carbocycles. The summed E-state index contributed by atoms with van der Waals surface area (Å²) in [5, 5.41) is 18.0. The van der Waals surface area contributed by atoms with Crippen LogP contribution in [0.2, 0.25) is 0 Å². The first-order chi connectivity index (χ1) is 9.21. The molecule has 2 aromatic carbocycles. The molecule has 0 aliphatic carbocycles. The summed E-state index contributed by atoms with van der Waals surface area (Å²) in [6.07, 6.45) is 0. The summed E-state index contributed by atoms with van der Waals surface area (Å²) in [5.41, 5.74) is -0.662. The molecular formula is C12H8O7S. The Labute approximate surface area is 112 Å². The number of fused-ring (bicyclic) bond motifs is 1. The van der Waals surface area contributed by atoms with Crippen molar-refractivity contribution in [1.82, 2.24) is 0 Å². The number of hydrogen-bond donors (Lipinski definition) is 3. The van der Waals surface area contributed by atoms with E-state index in [1.807, 2.05) is 0 Å². The fourth-order valence-electron chi connectivity index (χ4n) is 1.88. The van der Waals surface area contributed by atoms with Crippen LogP contribution in [0.5, 0.6) is 0 Å². The Morgan fingerprint density at radius 3 is 2.10 bits per heavy atom. The minimum absolute atomic E-state index is 0.0580. The van der Waals surface area contributed by atoms with Gasteiger partial charge in [0.1, 0.15) is 4.90 Å². The van der Waals surface area contributed by atoms with E-state index < -0.39 is 32.5 Å². The Balaban J connectivity index is 2.93. The van der Waals surface area contributed by atoms with Crippen molar-refractivity contribution in [1.29, 1.82) is 0 Å². The second-order valence-corrected chi connectivity index (χ2v) is 5.32. The van der Waals surface area contributed by atoms with Crippen LogP contribution < -0.4 is 0 Å². The highest BCUT2D eigenvalue weighted by Crippen LogP contribution is 2.27. The van der Waals surface area contributed by atoms with Gasteiger partial charge in [0.2, 0.25) is 0 Å². The minimum atomic E-state index is -4.77. The van der Waals surface area contributed by atoms with Crippen molar-refractivity contribution in [2.75, 3.05) is 0 Å². The van der Waals surface area contributed by atoms with E-state index in [1.165, 1.54) is 12.1 Å². The third kappa shape index (κ3) is 2.33. The molecule has 0 heterocycles. The quantitative estimate of drug-likeness (QED) is 0.731. The maximum absolute atomic E-state index is 11.4. The van der Waals surface area contributed by atoms with E-state index in [4.69, 9.17) is 10.2 Å². The summed E-state index contributed by atoms with van der Waals surface area (Å²) < 4.78 is 31.9. The predicted molar refractivity (Wildman–Crippen MR) is 67.7 cm³/mol. The van der Waals surface area contributed by atoms with E-state index in [2.05, 4.69) is 0 Å². The zero-order valence-electron chi connectivity index (χ0n) is 9.77. The fourth-order valence-corrected chi connectivity index (χ4v) is 2.78. The Hall–Kier alpha value is -2.45. The normalized spacial score (nSPS) is 11.4. The van der Waals surface area contributed by atoms with Gasteiger partial charge in [-0.25, -0.2) is 9.59 Å². The molecular weight excluding hydrogens is 288 g/mol. The number of benzene rings is 2. The van der Waals surface area contributed by atoms with Crippen LogP contribution >= 0.6 is 0 Å². The van der Waals surface area contributed by atoms with Crippen LogP contribution in [0, 0.1) is 0 Å². The molecule has 0 bridgehead atoms. The van der Waals surface area contributed by atoms with Crippen LogP contribution in [0.4, 0.5) is 0 Å². The lowest BCUT2D eigenvalue weighted by Crippen LogP contribution is -2.09. The average molecular weight is 296 g/mol. The smallest absolute Gasteiger partial charge is 0.337 e. The Morgan fingerprint density at radius 1 is 0.950 bits per heavy atom. The Kier molecular flexibility index (Phi) is 3.20. The van der Waals surface area contributed by atoms with Gasteiger partial charge in [-0.15, -0.1) is 0 Å². The molecule has 0 spiro atoms. The van der Waals surface area contributed by atoms with E-state index in [9.17, 15) is 22.6 Å². The molecule has 2 rings (SSSR count). The predicted octanol–water partition coefficient (Wildman–Crippen LogP) is 1.48. The molecule has 0 radical (unpaired) electrons. The van der Waals surface area contributed by atoms with E-state index in [0.29, 0.717) is 0 Å². The zero-order valence-corrected chi connectivity index (χ0v) is 10.6. The number of rotatable bonds is 3.